The van der Waals surface area contributed by atoms with E-state index in [4.69, 9.17) is 16.3 Å². The molecule has 1 aliphatic carbocycles. The summed E-state index contributed by atoms with van der Waals surface area (Å²) in [5, 5.41) is 0.695. The highest BCUT2D eigenvalue weighted by atomic mass is 35.5. The molecule has 2 aliphatic rings. The van der Waals surface area contributed by atoms with Gasteiger partial charge in [-0.3, -0.25) is 0 Å². The summed E-state index contributed by atoms with van der Waals surface area (Å²) < 4.78 is 21.6. The van der Waals surface area contributed by atoms with Crippen molar-refractivity contribution >= 4 is 28.7 Å². The highest BCUT2D eigenvalue weighted by molar-refractivity contribution is 7.84. The molecule has 162 valence electrons. The highest BCUT2D eigenvalue weighted by Gasteiger charge is 2.49. The number of benzene rings is 1. The normalized spacial score (nSPS) is 22.4. The molecular weight excluding hydrogens is 408 g/mol. The molecule has 0 saturated carbocycles. The zero-order valence-corrected chi connectivity index (χ0v) is 19.9. The minimum Gasteiger partial charge on any atom is -0.444 e. The number of piperidine rings is 1. The SMILES string of the molecule is CC(C)(C)OC(=O)N1CCC2(CC1)Cc1ccc(Cl)cc1[C@H]2N[S@](=O)C(C)(C)C. The Hall–Kier alpha value is -1.11. The number of nitrogens with zero attached hydrogens (tertiary/aromatic N) is 1. The van der Waals surface area contributed by atoms with Gasteiger partial charge in [0.2, 0.25) is 0 Å². The minimum atomic E-state index is -1.20. The number of hydrogen-bond donors (Lipinski definition) is 1. The Morgan fingerprint density at radius 1 is 1.21 bits per heavy atom. The lowest BCUT2D eigenvalue weighted by Crippen LogP contribution is -2.49. The second-order valence-corrected chi connectivity index (χ2v) is 12.7. The summed E-state index contributed by atoms with van der Waals surface area (Å²) in [4.78, 5) is 14.3. The van der Waals surface area contributed by atoms with Gasteiger partial charge in [-0.25, -0.2) is 13.7 Å². The maximum Gasteiger partial charge on any atom is 0.410 e. The third-order valence-corrected chi connectivity index (χ3v) is 7.56. The van der Waals surface area contributed by atoms with E-state index in [2.05, 4.69) is 10.8 Å². The van der Waals surface area contributed by atoms with Crippen LogP contribution in [0.15, 0.2) is 18.2 Å². The fourth-order valence-electron chi connectivity index (χ4n) is 4.21. The molecule has 1 saturated heterocycles. The van der Waals surface area contributed by atoms with E-state index in [0.29, 0.717) is 18.1 Å². The van der Waals surface area contributed by atoms with Crippen molar-refractivity contribution in [3.05, 3.63) is 34.3 Å². The summed E-state index contributed by atoms with van der Waals surface area (Å²) in [6, 6.07) is 5.97. The Bertz CT molecular complexity index is 805. The van der Waals surface area contributed by atoms with Crippen LogP contribution in [0.2, 0.25) is 5.02 Å². The second-order valence-electron chi connectivity index (χ2n) is 10.3. The predicted molar refractivity (Wildman–Crippen MR) is 118 cm³/mol. The molecule has 5 nitrogen and oxygen atoms in total. The monoisotopic (exact) mass is 440 g/mol. The van der Waals surface area contributed by atoms with Gasteiger partial charge in [0.15, 0.2) is 0 Å². The summed E-state index contributed by atoms with van der Waals surface area (Å²) in [7, 11) is -1.20. The Morgan fingerprint density at radius 2 is 1.83 bits per heavy atom. The van der Waals surface area contributed by atoms with E-state index >= 15 is 0 Å². The van der Waals surface area contributed by atoms with Crippen LogP contribution in [-0.2, 0) is 22.1 Å². The molecule has 0 unspecified atom stereocenters. The van der Waals surface area contributed by atoms with Crippen molar-refractivity contribution in [1.29, 1.82) is 0 Å². The van der Waals surface area contributed by atoms with Crippen LogP contribution in [0.1, 0.15) is 71.6 Å². The second kappa shape index (κ2) is 7.86. The van der Waals surface area contributed by atoms with Crippen molar-refractivity contribution in [1.82, 2.24) is 9.62 Å². The van der Waals surface area contributed by atoms with Crippen LogP contribution < -0.4 is 4.72 Å². The number of carbonyl (C=O) groups is 1. The summed E-state index contributed by atoms with van der Waals surface area (Å²) in [5.41, 5.74) is 1.82. The van der Waals surface area contributed by atoms with E-state index in [9.17, 15) is 9.00 Å². The standard InChI is InChI=1S/C22H33ClN2O3S/c1-20(2,3)28-19(26)25-11-9-22(10-12-25)14-15-7-8-16(23)13-17(15)18(22)24-29(27)21(4,5)6/h7-8,13,18,24H,9-12,14H2,1-6H3/t18-,29-/m1/s1. The number of ether oxygens (including phenoxy) is 1. The number of halogens is 1. The molecule has 1 N–H and O–H groups in total. The van der Waals surface area contributed by atoms with Crippen LogP contribution in [0.4, 0.5) is 4.79 Å². The number of likely N-dealkylation sites (tertiary alicyclic amines) is 1. The zero-order chi connectivity index (χ0) is 21.6. The zero-order valence-electron chi connectivity index (χ0n) is 18.3. The third-order valence-electron chi connectivity index (χ3n) is 5.77. The average molecular weight is 441 g/mol. The largest absolute Gasteiger partial charge is 0.444 e. The van der Waals surface area contributed by atoms with E-state index in [-0.39, 0.29) is 22.3 Å². The van der Waals surface area contributed by atoms with Gasteiger partial charge in [0.05, 0.1) is 21.8 Å². The molecule has 1 aliphatic heterocycles. The van der Waals surface area contributed by atoms with Crippen molar-refractivity contribution in [2.75, 3.05) is 13.1 Å². The van der Waals surface area contributed by atoms with Crippen LogP contribution in [0, 0.1) is 5.41 Å². The van der Waals surface area contributed by atoms with Gasteiger partial charge in [-0.05, 0) is 89.5 Å². The van der Waals surface area contributed by atoms with Gasteiger partial charge in [-0.1, -0.05) is 17.7 Å². The first-order chi connectivity index (χ1) is 13.3. The molecule has 7 heteroatoms. The van der Waals surface area contributed by atoms with Gasteiger partial charge in [0, 0.05) is 18.1 Å². The Balaban J connectivity index is 1.82. The van der Waals surface area contributed by atoms with Crippen LogP contribution in [-0.4, -0.2) is 38.6 Å². The van der Waals surface area contributed by atoms with E-state index < -0.39 is 16.6 Å². The predicted octanol–water partition coefficient (Wildman–Crippen LogP) is 5.01. The van der Waals surface area contributed by atoms with Gasteiger partial charge in [-0.2, -0.15) is 0 Å². The number of nitrogens with one attached hydrogen (secondary N) is 1. The van der Waals surface area contributed by atoms with Crippen molar-refractivity contribution in [2.45, 2.75) is 77.2 Å². The fraction of sp³-hybridized carbons (Fsp3) is 0.682. The fourth-order valence-corrected chi connectivity index (χ4v) is 5.33. The molecule has 2 atom stereocenters. The number of hydrogen-bond acceptors (Lipinski definition) is 3. The quantitative estimate of drug-likeness (QED) is 0.703. The van der Waals surface area contributed by atoms with E-state index in [1.807, 2.05) is 53.7 Å². The molecule has 1 aromatic carbocycles. The van der Waals surface area contributed by atoms with Gasteiger partial charge < -0.3 is 9.64 Å². The molecule has 29 heavy (non-hydrogen) atoms. The molecule has 3 rings (SSSR count). The maximum atomic E-state index is 13.0. The average Bonchev–Trinajstić information content (AvgIpc) is 2.86. The van der Waals surface area contributed by atoms with Gasteiger partial charge in [0.25, 0.3) is 0 Å². The van der Waals surface area contributed by atoms with Crippen LogP contribution in [0.3, 0.4) is 0 Å². The summed E-state index contributed by atoms with van der Waals surface area (Å²) in [6.45, 7) is 12.8. The lowest BCUT2D eigenvalue weighted by atomic mass is 9.73. The third kappa shape index (κ3) is 4.97. The summed E-state index contributed by atoms with van der Waals surface area (Å²) >= 11 is 6.30. The smallest absolute Gasteiger partial charge is 0.410 e. The molecule has 1 spiro atoms. The van der Waals surface area contributed by atoms with Crippen LogP contribution in [0.25, 0.3) is 0 Å². The minimum absolute atomic E-state index is 0.0444. The number of fused-ring (bicyclic) bond motifs is 1. The molecule has 0 radical (unpaired) electrons. The van der Waals surface area contributed by atoms with Gasteiger partial charge >= 0.3 is 6.09 Å². The maximum absolute atomic E-state index is 13.0. The number of carbonyl (C=O) groups excluding carboxylic acids is 1. The van der Waals surface area contributed by atoms with Crippen LogP contribution >= 0.6 is 11.6 Å². The molecular formula is C22H33ClN2O3S. The molecule has 1 aromatic rings. The first-order valence-corrected chi connectivity index (χ1v) is 11.8. The molecule has 0 aromatic heterocycles. The van der Waals surface area contributed by atoms with Gasteiger partial charge in [-0.15, -0.1) is 0 Å². The van der Waals surface area contributed by atoms with Gasteiger partial charge in [0.1, 0.15) is 5.60 Å². The molecule has 1 fully saturated rings. The Labute approximate surface area is 182 Å². The van der Waals surface area contributed by atoms with E-state index in [1.165, 1.54) is 5.56 Å². The lowest BCUT2D eigenvalue weighted by Gasteiger charge is -2.44. The van der Waals surface area contributed by atoms with Crippen LogP contribution in [0.5, 0.6) is 0 Å². The van der Waals surface area contributed by atoms with Crippen molar-refractivity contribution in [3.63, 3.8) is 0 Å². The number of rotatable bonds is 2. The molecule has 1 amide bonds. The van der Waals surface area contributed by atoms with Crippen molar-refractivity contribution in [2.24, 2.45) is 5.41 Å². The Kier molecular flexibility index (Phi) is 6.12. The Morgan fingerprint density at radius 3 is 2.38 bits per heavy atom. The highest BCUT2D eigenvalue weighted by Crippen LogP contribution is 2.53. The van der Waals surface area contributed by atoms with E-state index in [0.717, 1.165) is 24.8 Å². The first kappa shape index (κ1) is 22.6. The molecule has 1 heterocycles. The topological polar surface area (TPSA) is 58.6 Å². The molecule has 0 bridgehead atoms. The summed E-state index contributed by atoms with van der Waals surface area (Å²) in [5.74, 6) is 0. The first-order valence-electron chi connectivity index (χ1n) is 10.3. The van der Waals surface area contributed by atoms with Crippen molar-refractivity contribution < 1.29 is 13.7 Å². The number of amides is 1. The van der Waals surface area contributed by atoms with E-state index in [1.54, 1.807) is 4.90 Å². The lowest BCUT2D eigenvalue weighted by molar-refractivity contribution is 0.00724. The summed E-state index contributed by atoms with van der Waals surface area (Å²) in [6.07, 6.45) is 2.31. The van der Waals surface area contributed by atoms with Crippen molar-refractivity contribution in [3.8, 4) is 0 Å².